The van der Waals surface area contributed by atoms with Crippen LogP contribution < -0.4 is 15.6 Å². The Morgan fingerprint density at radius 1 is 1.06 bits per heavy atom. The van der Waals surface area contributed by atoms with E-state index in [1.54, 1.807) is 25.3 Å². The largest absolute Gasteiger partial charge is 0.379 e. The molecular formula is C41H39ClF6N8O5S. The van der Waals surface area contributed by atoms with E-state index in [-0.39, 0.29) is 61.7 Å². The lowest BCUT2D eigenvalue weighted by Crippen LogP contribution is -2.38. The number of aryl methyl sites for hydroxylation is 2. The molecule has 0 aliphatic heterocycles. The number of methoxy groups -OCH3 is 1. The van der Waals surface area contributed by atoms with Gasteiger partial charge in [-0.2, -0.15) is 19.0 Å². The number of carbonyl (C=O) groups excluding carboxylic acids is 1. The number of halogens is 7. The van der Waals surface area contributed by atoms with Gasteiger partial charge in [0.15, 0.2) is 5.82 Å². The van der Waals surface area contributed by atoms with Gasteiger partial charge in [0.25, 0.3) is 17.9 Å². The summed E-state index contributed by atoms with van der Waals surface area (Å²) in [5.74, 6) is -8.92. The van der Waals surface area contributed by atoms with E-state index in [9.17, 15) is 35.6 Å². The predicted octanol–water partition coefficient (Wildman–Crippen LogP) is 7.38. The summed E-state index contributed by atoms with van der Waals surface area (Å²) in [5, 5.41) is 11.0. The van der Waals surface area contributed by atoms with Crippen molar-refractivity contribution in [1.82, 2.24) is 34.4 Å². The summed E-state index contributed by atoms with van der Waals surface area (Å²) in [6.45, 7) is 2.84. The van der Waals surface area contributed by atoms with Crippen LogP contribution in [0.5, 0.6) is 0 Å². The molecule has 1 unspecified atom stereocenters. The molecule has 2 N–H and O–H groups in total. The molecule has 3 heterocycles. The molecule has 0 saturated heterocycles. The Hall–Kier alpha value is -5.47. The molecule has 8 rings (SSSR count). The van der Waals surface area contributed by atoms with Gasteiger partial charge in [0.05, 0.1) is 50.4 Å². The molecule has 3 aromatic heterocycles. The number of ether oxygens (including phenoxy) is 1. The number of sulfonamides is 1. The van der Waals surface area contributed by atoms with Gasteiger partial charge in [-0.3, -0.25) is 28.2 Å². The minimum absolute atomic E-state index is 0.00133. The molecule has 13 nitrogen and oxygen atoms in total. The number of aromatic nitrogens is 6. The summed E-state index contributed by atoms with van der Waals surface area (Å²) in [7, 11) is -0.856. The molecule has 0 radical (unpaired) electrons. The number of benzene rings is 3. The van der Waals surface area contributed by atoms with Gasteiger partial charge in [-0.15, -0.1) is 0 Å². The molecular weight excluding hydrogens is 866 g/mol. The second kappa shape index (κ2) is 15.4. The van der Waals surface area contributed by atoms with E-state index in [0.717, 1.165) is 28.5 Å². The van der Waals surface area contributed by atoms with Crippen LogP contribution >= 0.6 is 11.6 Å². The number of nitrogens with zero attached hydrogens (tertiary/aromatic N) is 6. The maximum absolute atomic E-state index is 15.5. The Balaban J connectivity index is 1.33. The van der Waals surface area contributed by atoms with E-state index in [4.69, 9.17) is 21.3 Å². The van der Waals surface area contributed by atoms with E-state index in [1.165, 1.54) is 23.9 Å². The average Bonchev–Trinajstić information content (AvgIpc) is 3.72. The molecule has 21 heteroatoms. The third-order valence-corrected chi connectivity index (χ3v) is 12.3. The van der Waals surface area contributed by atoms with Gasteiger partial charge in [0, 0.05) is 38.1 Å². The maximum Gasteiger partial charge on any atom is 0.293 e. The Bertz CT molecular complexity index is 2970. The number of alkyl halides is 4. The van der Waals surface area contributed by atoms with Gasteiger partial charge in [-0.1, -0.05) is 17.7 Å². The molecule has 1 amide bonds. The average molecular weight is 905 g/mol. The van der Waals surface area contributed by atoms with Crippen molar-refractivity contribution in [3.63, 3.8) is 0 Å². The van der Waals surface area contributed by atoms with Crippen LogP contribution in [0.3, 0.4) is 0 Å². The lowest BCUT2D eigenvalue weighted by molar-refractivity contribution is -0.123. The number of rotatable bonds is 14. The number of amides is 1. The Labute approximate surface area is 355 Å². The lowest BCUT2D eigenvalue weighted by atomic mass is 9.98. The number of anilines is 1. The highest BCUT2D eigenvalue weighted by atomic mass is 35.5. The normalized spacial score (nSPS) is 17.4. The fourth-order valence-electron chi connectivity index (χ4n) is 8.33. The lowest BCUT2D eigenvalue weighted by Gasteiger charge is -2.24. The Morgan fingerprint density at radius 3 is 2.44 bits per heavy atom. The summed E-state index contributed by atoms with van der Waals surface area (Å²) in [4.78, 5) is 34.0. The molecule has 328 valence electrons. The van der Waals surface area contributed by atoms with Crippen molar-refractivity contribution in [1.29, 1.82) is 0 Å². The smallest absolute Gasteiger partial charge is 0.293 e. The molecule has 6 aromatic rings. The highest BCUT2D eigenvalue weighted by Gasteiger charge is 2.67. The van der Waals surface area contributed by atoms with Crippen molar-refractivity contribution in [2.45, 2.75) is 76.0 Å². The first-order chi connectivity index (χ1) is 29.1. The molecule has 1 fully saturated rings. The molecule has 62 heavy (non-hydrogen) atoms. The van der Waals surface area contributed by atoms with Gasteiger partial charge in [0.2, 0.25) is 15.9 Å². The molecule has 3 atom stereocenters. The standard InChI is InChI=1S/C41H39ClF6N8O5S/c1-40(2,61-4)11-10-19-6-7-23-27(14-19)50-38(56(39(23)58)29-9-8-26(42)32-34(29)54(3)52-37(32)53-62(5,59)60)28(15-20-12-21(43)16-22(44)13-20)49-30(57)18-55-35-31(33(51-55)36(45)46)24-17-25(24)41(35,47)48/h6-9,12-14,16,24-25,28,36H,10-11,15,17-18H2,1-5H3,(H,49,57)(H,52,53)/t24-,25+,28?/m0/s1. The monoisotopic (exact) mass is 904 g/mol. The van der Waals surface area contributed by atoms with Gasteiger partial charge >= 0.3 is 0 Å². The Morgan fingerprint density at radius 2 is 1.77 bits per heavy atom. The zero-order chi connectivity index (χ0) is 44.8. The summed E-state index contributed by atoms with van der Waals surface area (Å²) < 4.78 is 124. The third-order valence-electron chi connectivity index (χ3n) is 11.4. The van der Waals surface area contributed by atoms with Crippen molar-refractivity contribution in [2.24, 2.45) is 13.0 Å². The third kappa shape index (κ3) is 7.91. The number of carbonyl (C=O) groups is 1. The SMILES string of the molecule is COC(C)(C)CCc1ccc2c(=O)n(-c3ccc(Cl)c4c(NS(C)(=O)=O)nn(C)c34)c(C(Cc3cc(F)cc(F)c3)NC(=O)Cn3nc(C(F)F)c4c3C(F)(F)[C@@H]3C[C@H]43)nc2c1. The fourth-order valence-corrected chi connectivity index (χ4v) is 9.06. The van der Waals surface area contributed by atoms with Crippen LogP contribution in [0.15, 0.2) is 53.3 Å². The summed E-state index contributed by atoms with van der Waals surface area (Å²) in [6, 6.07) is 8.91. The van der Waals surface area contributed by atoms with Crippen LogP contribution in [0.4, 0.5) is 32.2 Å². The summed E-state index contributed by atoms with van der Waals surface area (Å²) in [6.07, 6.45) is -1.67. The van der Waals surface area contributed by atoms with Gasteiger partial charge < -0.3 is 10.1 Å². The number of hydrogen-bond acceptors (Lipinski definition) is 8. The maximum atomic E-state index is 15.5. The van der Waals surface area contributed by atoms with Crippen molar-refractivity contribution < 1.29 is 44.3 Å². The van der Waals surface area contributed by atoms with E-state index in [2.05, 4.69) is 20.2 Å². The highest BCUT2D eigenvalue weighted by molar-refractivity contribution is 7.92. The molecule has 1 saturated carbocycles. The van der Waals surface area contributed by atoms with Crippen molar-refractivity contribution in [3.8, 4) is 5.69 Å². The van der Waals surface area contributed by atoms with Crippen LogP contribution in [0.1, 0.15) is 79.0 Å². The number of hydrogen-bond donors (Lipinski definition) is 2. The summed E-state index contributed by atoms with van der Waals surface area (Å²) >= 11 is 6.63. The van der Waals surface area contributed by atoms with Gasteiger partial charge in [-0.05, 0) is 86.6 Å². The number of fused-ring (bicyclic) bond motifs is 5. The first-order valence-electron chi connectivity index (χ1n) is 19.3. The second-order valence-corrected chi connectivity index (χ2v) is 18.5. The van der Waals surface area contributed by atoms with Crippen LogP contribution in [0, 0.1) is 17.6 Å². The molecule has 2 aliphatic rings. The van der Waals surface area contributed by atoms with E-state index < -0.39 is 93.3 Å². The van der Waals surface area contributed by atoms with Gasteiger partial charge in [-0.25, -0.2) is 31.0 Å². The van der Waals surface area contributed by atoms with Crippen LogP contribution in [-0.2, 0) is 51.9 Å². The highest BCUT2D eigenvalue weighted by Crippen LogP contribution is 2.68. The second-order valence-electron chi connectivity index (χ2n) is 16.3. The van der Waals surface area contributed by atoms with E-state index >= 15 is 8.78 Å². The predicted molar refractivity (Wildman–Crippen MR) is 217 cm³/mol. The zero-order valence-corrected chi connectivity index (χ0v) is 35.3. The molecule has 3 aromatic carbocycles. The van der Waals surface area contributed by atoms with E-state index in [1.807, 2.05) is 13.8 Å². The van der Waals surface area contributed by atoms with Crippen molar-refractivity contribution in [3.05, 3.63) is 109 Å². The minimum Gasteiger partial charge on any atom is -0.379 e. The minimum atomic E-state index is -3.90. The molecule has 0 bridgehead atoms. The zero-order valence-electron chi connectivity index (χ0n) is 33.7. The van der Waals surface area contributed by atoms with Crippen molar-refractivity contribution >= 4 is 55.2 Å². The molecule has 0 spiro atoms. The topological polar surface area (TPSA) is 155 Å². The first kappa shape index (κ1) is 43.2. The fraction of sp³-hybridized carbons (Fsp3) is 0.390. The Kier molecular flexibility index (Phi) is 10.7. The number of nitrogens with one attached hydrogen (secondary N) is 2. The van der Waals surface area contributed by atoms with Crippen LogP contribution in [0.2, 0.25) is 5.02 Å². The quantitative estimate of drug-likeness (QED) is 0.107. The van der Waals surface area contributed by atoms with Crippen LogP contribution in [0.25, 0.3) is 27.5 Å². The first-order valence-corrected chi connectivity index (χ1v) is 21.6. The van der Waals surface area contributed by atoms with Gasteiger partial charge in [0.1, 0.15) is 35.4 Å². The van der Waals surface area contributed by atoms with E-state index in [0.29, 0.717) is 23.6 Å². The van der Waals surface area contributed by atoms with Crippen LogP contribution in [-0.4, -0.2) is 62.4 Å². The summed E-state index contributed by atoms with van der Waals surface area (Å²) in [5.41, 5.74) is -2.06. The molecule has 2 aliphatic carbocycles. The van der Waals surface area contributed by atoms with Crippen molar-refractivity contribution in [2.75, 3.05) is 18.1 Å².